The quantitative estimate of drug-likeness (QED) is 0.732. The van der Waals surface area contributed by atoms with Crippen molar-refractivity contribution in [1.82, 2.24) is 0 Å². The summed E-state index contributed by atoms with van der Waals surface area (Å²) in [4.78, 5) is 12.3. The number of hydrogen-bond acceptors (Lipinski definition) is 2. The van der Waals surface area contributed by atoms with Gasteiger partial charge in [-0.1, -0.05) is 56.3 Å². The summed E-state index contributed by atoms with van der Waals surface area (Å²) in [5.41, 5.74) is 0.851. The summed E-state index contributed by atoms with van der Waals surface area (Å²) in [7, 11) is 0. The Morgan fingerprint density at radius 3 is 2.67 bits per heavy atom. The number of fused-ring (bicyclic) bond motifs is 1. The molecule has 0 fully saturated rings. The van der Waals surface area contributed by atoms with E-state index in [-0.39, 0.29) is 5.78 Å². The van der Waals surface area contributed by atoms with Gasteiger partial charge in [-0.3, -0.25) is 4.79 Å². The first-order valence-electron chi connectivity index (χ1n) is 6.35. The molecule has 0 aliphatic rings. The van der Waals surface area contributed by atoms with Crippen LogP contribution in [0.2, 0.25) is 0 Å². The molecule has 2 heteroatoms. The van der Waals surface area contributed by atoms with Gasteiger partial charge in [0.15, 0.2) is 5.78 Å². The average molecular weight is 258 g/mol. The predicted molar refractivity (Wildman–Crippen MR) is 80.5 cm³/mol. The van der Waals surface area contributed by atoms with Crippen molar-refractivity contribution in [2.75, 3.05) is 5.75 Å². The van der Waals surface area contributed by atoms with Crippen LogP contribution < -0.4 is 0 Å². The Hall–Kier alpha value is -1.28. The molecule has 1 unspecified atom stereocenters. The van der Waals surface area contributed by atoms with Crippen molar-refractivity contribution in [2.45, 2.75) is 25.5 Å². The molecule has 0 aromatic heterocycles. The number of benzene rings is 2. The lowest BCUT2D eigenvalue weighted by atomic mass is 10.0. The summed E-state index contributed by atoms with van der Waals surface area (Å²) in [5, 5.41) is 2.75. The van der Waals surface area contributed by atoms with E-state index < -0.39 is 0 Å². The highest BCUT2D eigenvalue weighted by Gasteiger charge is 2.11. The molecule has 0 radical (unpaired) electrons. The van der Waals surface area contributed by atoms with Crippen LogP contribution >= 0.6 is 11.8 Å². The molecule has 0 saturated heterocycles. The smallest absolute Gasteiger partial charge is 0.173 e. The Kier molecular flexibility index (Phi) is 4.43. The van der Waals surface area contributed by atoms with Gasteiger partial charge in [-0.15, -0.1) is 0 Å². The van der Waals surface area contributed by atoms with Crippen LogP contribution in [0.25, 0.3) is 10.8 Å². The van der Waals surface area contributed by atoms with Crippen LogP contribution in [0.5, 0.6) is 0 Å². The van der Waals surface area contributed by atoms with E-state index in [0.29, 0.717) is 11.0 Å². The highest BCUT2D eigenvalue weighted by atomic mass is 32.2. The molecule has 1 atom stereocenters. The predicted octanol–water partition coefficient (Wildman–Crippen LogP) is 4.55. The first-order chi connectivity index (χ1) is 8.72. The summed E-state index contributed by atoms with van der Waals surface area (Å²) in [6.07, 6.45) is 1.10. The van der Waals surface area contributed by atoms with E-state index in [4.69, 9.17) is 0 Å². The van der Waals surface area contributed by atoms with E-state index >= 15 is 0 Å². The van der Waals surface area contributed by atoms with Gasteiger partial charge in [-0.25, -0.2) is 0 Å². The van der Waals surface area contributed by atoms with Crippen LogP contribution in [0, 0.1) is 0 Å². The summed E-state index contributed by atoms with van der Waals surface area (Å²) in [5.74, 6) is 0.806. The van der Waals surface area contributed by atoms with Crippen LogP contribution in [0.15, 0.2) is 42.5 Å². The van der Waals surface area contributed by atoms with Gasteiger partial charge in [0.25, 0.3) is 0 Å². The molecule has 0 N–H and O–H groups in total. The van der Waals surface area contributed by atoms with Gasteiger partial charge in [0, 0.05) is 10.8 Å². The van der Waals surface area contributed by atoms with Gasteiger partial charge in [-0.2, -0.15) is 11.8 Å². The minimum absolute atomic E-state index is 0.233. The van der Waals surface area contributed by atoms with Crippen LogP contribution in [-0.2, 0) is 0 Å². The van der Waals surface area contributed by atoms with Crippen molar-refractivity contribution in [2.24, 2.45) is 0 Å². The fourth-order valence-electron chi connectivity index (χ4n) is 1.88. The molecule has 0 amide bonds. The Balaban J connectivity index is 2.22. The Bertz CT molecular complexity index is 542. The SMILES string of the molecule is CCC(C)SCC(=O)c1cccc2ccccc12. The van der Waals surface area contributed by atoms with Crippen molar-refractivity contribution in [3.63, 3.8) is 0 Å². The highest BCUT2D eigenvalue weighted by molar-refractivity contribution is 8.00. The van der Waals surface area contributed by atoms with Gasteiger partial charge in [0.1, 0.15) is 0 Å². The largest absolute Gasteiger partial charge is 0.293 e. The maximum absolute atomic E-state index is 12.3. The summed E-state index contributed by atoms with van der Waals surface area (Å²) in [6, 6.07) is 14.0. The molecule has 94 valence electrons. The molecular weight excluding hydrogens is 240 g/mol. The number of rotatable bonds is 5. The number of hydrogen-bond donors (Lipinski definition) is 0. The van der Waals surface area contributed by atoms with Gasteiger partial charge < -0.3 is 0 Å². The minimum Gasteiger partial charge on any atom is -0.293 e. The van der Waals surface area contributed by atoms with Crippen molar-refractivity contribution in [1.29, 1.82) is 0 Å². The lowest BCUT2D eigenvalue weighted by Crippen LogP contribution is -2.06. The molecular formula is C16H18OS. The number of carbonyl (C=O) groups excluding carboxylic acids is 1. The molecule has 0 spiro atoms. The molecule has 0 bridgehead atoms. The van der Waals surface area contributed by atoms with Crippen molar-refractivity contribution >= 4 is 28.3 Å². The number of ketones is 1. The summed E-state index contributed by atoms with van der Waals surface area (Å²) >= 11 is 1.74. The third-order valence-corrected chi connectivity index (χ3v) is 4.50. The van der Waals surface area contributed by atoms with Crippen molar-refractivity contribution in [3.05, 3.63) is 48.0 Å². The summed E-state index contributed by atoms with van der Waals surface area (Å²) in [6.45, 7) is 4.32. The first kappa shape index (κ1) is 13.2. The molecule has 2 aromatic rings. The zero-order valence-electron chi connectivity index (χ0n) is 10.8. The number of thioether (sulfide) groups is 1. The fraction of sp³-hybridized carbons (Fsp3) is 0.312. The van der Waals surface area contributed by atoms with E-state index in [9.17, 15) is 4.79 Å². The molecule has 2 aromatic carbocycles. The number of Topliss-reactive ketones (excluding diaryl/α,β-unsaturated/α-hetero) is 1. The Morgan fingerprint density at radius 2 is 1.89 bits per heavy atom. The third-order valence-electron chi connectivity index (χ3n) is 3.16. The monoisotopic (exact) mass is 258 g/mol. The van der Waals surface area contributed by atoms with Gasteiger partial charge >= 0.3 is 0 Å². The van der Waals surface area contributed by atoms with E-state index in [1.54, 1.807) is 11.8 Å². The van der Waals surface area contributed by atoms with Gasteiger partial charge in [0.2, 0.25) is 0 Å². The second kappa shape index (κ2) is 6.05. The van der Waals surface area contributed by atoms with E-state index in [1.807, 2.05) is 42.5 Å². The number of carbonyl (C=O) groups is 1. The minimum atomic E-state index is 0.233. The molecule has 2 rings (SSSR count). The summed E-state index contributed by atoms with van der Waals surface area (Å²) < 4.78 is 0. The molecule has 0 heterocycles. The van der Waals surface area contributed by atoms with Crippen LogP contribution in [0.1, 0.15) is 30.6 Å². The van der Waals surface area contributed by atoms with Gasteiger partial charge in [-0.05, 0) is 17.2 Å². The standard InChI is InChI=1S/C16H18OS/c1-3-12(2)18-11-16(17)15-10-6-8-13-7-4-5-9-14(13)15/h4-10,12H,3,11H2,1-2H3. The fourth-order valence-corrected chi connectivity index (χ4v) is 2.71. The van der Waals surface area contributed by atoms with E-state index in [0.717, 1.165) is 22.8 Å². The normalized spacial score (nSPS) is 12.6. The van der Waals surface area contributed by atoms with E-state index in [1.165, 1.54) is 0 Å². The maximum Gasteiger partial charge on any atom is 0.173 e. The van der Waals surface area contributed by atoms with Crippen LogP contribution in [-0.4, -0.2) is 16.8 Å². The zero-order chi connectivity index (χ0) is 13.0. The van der Waals surface area contributed by atoms with Crippen molar-refractivity contribution in [3.8, 4) is 0 Å². The molecule has 0 aliphatic carbocycles. The Labute approximate surface area is 113 Å². The third kappa shape index (κ3) is 2.94. The van der Waals surface area contributed by atoms with E-state index in [2.05, 4.69) is 13.8 Å². The Morgan fingerprint density at radius 1 is 1.17 bits per heavy atom. The first-order valence-corrected chi connectivity index (χ1v) is 7.39. The molecule has 1 nitrogen and oxygen atoms in total. The van der Waals surface area contributed by atoms with Crippen molar-refractivity contribution < 1.29 is 4.79 Å². The highest BCUT2D eigenvalue weighted by Crippen LogP contribution is 2.21. The lowest BCUT2D eigenvalue weighted by Gasteiger charge is -2.09. The molecule has 0 aliphatic heterocycles. The molecule has 18 heavy (non-hydrogen) atoms. The van der Waals surface area contributed by atoms with Gasteiger partial charge in [0.05, 0.1) is 5.75 Å². The maximum atomic E-state index is 12.3. The molecule has 0 saturated carbocycles. The second-order valence-electron chi connectivity index (χ2n) is 4.48. The topological polar surface area (TPSA) is 17.1 Å². The van der Waals surface area contributed by atoms with Crippen LogP contribution in [0.4, 0.5) is 0 Å². The zero-order valence-corrected chi connectivity index (χ0v) is 11.7. The second-order valence-corrected chi connectivity index (χ2v) is 5.91. The van der Waals surface area contributed by atoms with Crippen LogP contribution in [0.3, 0.4) is 0 Å². The average Bonchev–Trinajstić information content (AvgIpc) is 2.43. The lowest BCUT2D eigenvalue weighted by molar-refractivity contribution is 0.102.